The molecule has 3 aromatic carbocycles. The van der Waals surface area contributed by atoms with Crippen molar-refractivity contribution < 1.29 is 14.6 Å². The Kier molecular flexibility index (Phi) is 5.88. The zero-order chi connectivity index (χ0) is 20.2. The molecule has 1 saturated heterocycles. The lowest BCUT2D eigenvalue weighted by Gasteiger charge is -2.35. The maximum Gasteiger partial charge on any atom is 0.120 e. The first-order valence-corrected chi connectivity index (χ1v) is 10.0. The van der Waals surface area contributed by atoms with Crippen molar-refractivity contribution in [3.63, 3.8) is 0 Å². The highest BCUT2D eigenvalue weighted by Crippen LogP contribution is 2.31. The van der Waals surface area contributed by atoms with E-state index in [9.17, 15) is 5.11 Å². The molecule has 0 spiro atoms. The van der Waals surface area contributed by atoms with E-state index in [1.165, 1.54) is 5.56 Å². The summed E-state index contributed by atoms with van der Waals surface area (Å²) in [4.78, 5) is 4.89. The summed E-state index contributed by atoms with van der Waals surface area (Å²) >= 11 is 0. The van der Waals surface area contributed by atoms with Gasteiger partial charge < -0.3 is 14.6 Å². The minimum absolute atomic E-state index is 0.353. The van der Waals surface area contributed by atoms with Crippen molar-refractivity contribution in [3.05, 3.63) is 65.7 Å². The van der Waals surface area contributed by atoms with Crippen LogP contribution in [0.4, 0.5) is 0 Å². The van der Waals surface area contributed by atoms with E-state index in [2.05, 4.69) is 21.9 Å². The van der Waals surface area contributed by atoms with Gasteiger partial charge in [-0.1, -0.05) is 24.3 Å². The largest absolute Gasteiger partial charge is 0.508 e. The molecule has 0 radical (unpaired) electrons. The average molecular weight is 392 g/mol. The first-order valence-electron chi connectivity index (χ1n) is 10.0. The van der Waals surface area contributed by atoms with Gasteiger partial charge in [-0.2, -0.15) is 0 Å². The van der Waals surface area contributed by atoms with Crippen LogP contribution < -0.4 is 9.47 Å². The Morgan fingerprint density at radius 2 is 1.34 bits per heavy atom. The van der Waals surface area contributed by atoms with Crippen LogP contribution in [0.2, 0.25) is 0 Å². The van der Waals surface area contributed by atoms with E-state index in [0.717, 1.165) is 67.1 Å². The fourth-order valence-corrected chi connectivity index (χ4v) is 3.96. The Hall–Kier alpha value is -2.76. The normalized spacial score (nSPS) is 15.5. The lowest BCUT2D eigenvalue weighted by molar-refractivity contribution is 0.121. The van der Waals surface area contributed by atoms with Crippen LogP contribution in [0.5, 0.6) is 17.2 Å². The molecular formula is C24H28N2O3. The summed E-state index contributed by atoms with van der Waals surface area (Å²) < 4.78 is 10.6. The van der Waals surface area contributed by atoms with E-state index >= 15 is 0 Å². The summed E-state index contributed by atoms with van der Waals surface area (Å²) in [6.45, 7) is 5.69. The van der Waals surface area contributed by atoms with Crippen molar-refractivity contribution in [2.45, 2.75) is 13.1 Å². The fraction of sp³-hybridized carbons (Fsp3) is 0.333. The number of phenolic OH excluding ortho intramolecular Hbond substituents is 1. The van der Waals surface area contributed by atoms with Gasteiger partial charge in [0.1, 0.15) is 17.2 Å². The molecule has 4 rings (SSSR count). The van der Waals surface area contributed by atoms with Crippen LogP contribution >= 0.6 is 0 Å². The molecule has 5 nitrogen and oxygen atoms in total. The topological polar surface area (TPSA) is 45.2 Å². The predicted molar refractivity (Wildman–Crippen MR) is 116 cm³/mol. The predicted octanol–water partition coefficient (Wildman–Crippen LogP) is 3.88. The van der Waals surface area contributed by atoms with E-state index in [4.69, 9.17) is 9.47 Å². The number of hydrogen-bond acceptors (Lipinski definition) is 5. The van der Waals surface area contributed by atoms with Gasteiger partial charge in [0.25, 0.3) is 0 Å². The molecular weight excluding hydrogens is 364 g/mol. The quantitative estimate of drug-likeness (QED) is 0.690. The zero-order valence-electron chi connectivity index (χ0n) is 17.1. The van der Waals surface area contributed by atoms with Gasteiger partial charge in [0, 0.05) is 44.8 Å². The molecule has 152 valence electrons. The van der Waals surface area contributed by atoms with E-state index in [-0.39, 0.29) is 0 Å². The van der Waals surface area contributed by atoms with Crippen LogP contribution in [0.3, 0.4) is 0 Å². The summed E-state index contributed by atoms with van der Waals surface area (Å²) in [5.41, 5.74) is 2.28. The highest BCUT2D eigenvalue weighted by molar-refractivity contribution is 5.88. The minimum Gasteiger partial charge on any atom is -0.508 e. The second-order valence-electron chi connectivity index (χ2n) is 7.55. The lowest BCUT2D eigenvalue weighted by Crippen LogP contribution is -2.45. The van der Waals surface area contributed by atoms with Crippen LogP contribution in [-0.4, -0.2) is 55.3 Å². The van der Waals surface area contributed by atoms with Crippen LogP contribution in [0.25, 0.3) is 10.8 Å². The smallest absolute Gasteiger partial charge is 0.120 e. The van der Waals surface area contributed by atoms with E-state index in [0.29, 0.717) is 5.75 Å². The van der Waals surface area contributed by atoms with Gasteiger partial charge in [-0.3, -0.25) is 9.80 Å². The average Bonchev–Trinajstić information content (AvgIpc) is 2.77. The number of benzene rings is 3. The van der Waals surface area contributed by atoms with Crippen molar-refractivity contribution in [3.8, 4) is 17.2 Å². The highest BCUT2D eigenvalue weighted by atomic mass is 16.5. The van der Waals surface area contributed by atoms with Gasteiger partial charge in [0.15, 0.2) is 0 Å². The van der Waals surface area contributed by atoms with Crippen molar-refractivity contribution in [2.75, 3.05) is 40.4 Å². The van der Waals surface area contributed by atoms with Gasteiger partial charge in [0.2, 0.25) is 0 Å². The summed E-state index contributed by atoms with van der Waals surface area (Å²) in [7, 11) is 3.36. The Labute approximate surface area is 172 Å². The van der Waals surface area contributed by atoms with E-state index in [1.54, 1.807) is 20.3 Å². The zero-order valence-corrected chi connectivity index (χ0v) is 17.1. The molecule has 1 N–H and O–H groups in total. The Morgan fingerprint density at radius 3 is 2.00 bits per heavy atom. The molecule has 0 amide bonds. The van der Waals surface area contributed by atoms with Gasteiger partial charge in [-0.05, 0) is 46.7 Å². The van der Waals surface area contributed by atoms with Crippen molar-refractivity contribution in [1.29, 1.82) is 0 Å². The monoisotopic (exact) mass is 392 g/mol. The molecule has 0 aliphatic carbocycles. The highest BCUT2D eigenvalue weighted by Gasteiger charge is 2.19. The number of aromatic hydroxyl groups is 1. The molecule has 1 aliphatic heterocycles. The van der Waals surface area contributed by atoms with Gasteiger partial charge in [-0.15, -0.1) is 0 Å². The Bertz CT molecular complexity index is 964. The number of fused-ring (bicyclic) bond motifs is 1. The number of methoxy groups -OCH3 is 2. The number of rotatable bonds is 6. The second kappa shape index (κ2) is 8.72. The molecule has 0 saturated carbocycles. The number of piperazine rings is 1. The molecule has 0 aromatic heterocycles. The molecule has 29 heavy (non-hydrogen) atoms. The maximum absolute atomic E-state index is 10.5. The summed E-state index contributed by atoms with van der Waals surface area (Å²) in [6.07, 6.45) is 0. The molecule has 0 unspecified atom stereocenters. The molecule has 3 aromatic rings. The van der Waals surface area contributed by atoms with E-state index < -0.39 is 0 Å². The Morgan fingerprint density at radius 1 is 0.759 bits per heavy atom. The molecule has 0 bridgehead atoms. The van der Waals surface area contributed by atoms with Crippen LogP contribution in [0.1, 0.15) is 11.1 Å². The van der Waals surface area contributed by atoms with Crippen LogP contribution in [0.15, 0.2) is 54.6 Å². The van der Waals surface area contributed by atoms with Gasteiger partial charge in [-0.25, -0.2) is 0 Å². The first-order chi connectivity index (χ1) is 14.2. The van der Waals surface area contributed by atoms with E-state index in [1.807, 2.05) is 36.4 Å². The summed E-state index contributed by atoms with van der Waals surface area (Å²) in [5, 5.41) is 12.7. The minimum atomic E-state index is 0.353. The van der Waals surface area contributed by atoms with Crippen LogP contribution in [0, 0.1) is 0 Å². The SMILES string of the molecule is COc1ccc(CN2CCN(Cc3c(O)ccc4ccc(OC)cc34)CC2)cc1. The third kappa shape index (κ3) is 4.47. The molecule has 1 aliphatic rings. The first kappa shape index (κ1) is 19.6. The number of phenols is 1. The van der Waals surface area contributed by atoms with Gasteiger partial charge in [0.05, 0.1) is 14.2 Å². The summed E-state index contributed by atoms with van der Waals surface area (Å²) in [5.74, 6) is 2.06. The third-order valence-electron chi connectivity index (χ3n) is 5.73. The molecule has 1 fully saturated rings. The number of hydrogen-bond donors (Lipinski definition) is 1. The Balaban J connectivity index is 1.41. The molecule has 1 heterocycles. The standard InChI is InChI=1S/C24H28N2O3/c1-28-20-7-3-18(4-8-20)16-25-11-13-26(14-12-25)17-23-22-15-21(29-2)9-5-19(22)6-10-24(23)27/h3-10,15,27H,11-14,16-17H2,1-2H3. The molecule has 5 heteroatoms. The second-order valence-corrected chi connectivity index (χ2v) is 7.55. The third-order valence-corrected chi connectivity index (χ3v) is 5.73. The van der Waals surface area contributed by atoms with Crippen LogP contribution in [-0.2, 0) is 13.1 Å². The molecule has 0 atom stereocenters. The van der Waals surface area contributed by atoms with Crippen molar-refractivity contribution in [2.24, 2.45) is 0 Å². The van der Waals surface area contributed by atoms with Crippen molar-refractivity contribution in [1.82, 2.24) is 9.80 Å². The lowest BCUT2D eigenvalue weighted by atomic mass is 10.0. The number of ether oxygens (including phenoxy) is 2. The summed E-state index contributed by atoms with van der Waals surface area (Å²) in [6, 6.07) is 18.1. The fourth-order valence-electron chi connectivity index (χ4n) is 3.96. The van der Waals surface area contributed by atoms with Crippen molar-refractivity contribution >= 4 is 10.8 Å². The maximum atomic E-state index is 10.5. The number of nitrogens with zero attached hydrogens (tertiary/aromatic N) is 2. The van der Waals surface area contributed by atoms with Gasteiger partial charge >= 0.3 is 0 Å².